The van der Waals surface area contributed by atoms with Gasteiger partial charge in [-0.1, -0.05) is 20.3 Å². The van der Waals surface area contributed by atoms with Gasteiger partial charge in [0, 0.05) is 0 Å². The molecule has 0 bridgehead atoms. The largest absolute Gasteiger partial charge is 0.480 e. The van der Waals surface area contributed by atoms with Crippen molar-refractivity contribution < 1.29 is 18.3 Å². The summed E-state index contributed by atoms with van der Waals surface area (Å²) in [5.74, 6) is -1.44. The average Bonchev–Trinajstić information content (AvgIpc) is 2.72. The molecule has 0 unspecified atom stereocenters. The van der Waals surface area contributed by atoms with Gasteiger partial charge in [0.2, 0.25) is 0 Å². The lowest BCUT2D eigenvalue weighted by molar-refractivity contribution is -0.140. The Morgan fingerprint density at radius 1 is 1.56 bits per heavy atom. The van der Waals surface area contributed by atoms with E-state index < -0.39 is 22.0 Å². The molecule has 1 aromatic heterocycles. The van der Waals surface area contributed by atoms with Crippen molar-refractivity contribution in [1.29, 1.82) is 0 Å². The number of carboxylic acids is 1. The van der Waals surface area contributed by atoms with Gasteiger partial charge in [-0.15, -0.1) is 11.3 Å². The standard InChI is InChI=1S/C10H14BrNO4S2/c1-3-6(2)9(10(13)14)12-18(15,16)8-5-4-7(11)17-8/h4-6,9,12H,3H2,1-2H3,(H,13,14)/t6-,9-/m0/s1. The first-order valence-corrected chi connectivity index (χ1v) is 8.37. The Labute approximate surface area is 118 Å². The monoisotopic (exact) mass is 355 g/mol. The van der Waals surface area contributed by atoms with Crippen LogP contribution in [0.4, 0.5) is 0 Å². The second-order valence-electron chi connectivity index (χ2n) is 3.88. The van der Waals surface area contributed by atoms with Gasteiger partial charge in [0.05, 0.1) is 3.79 Å². The molecule has 0 saturated heterocycles. The molecule has 0 aliphatic rings. The van der Waals surface area contributed by atoms with Crippen molar-refractivity contribution in [3.8, 4) is 0 Å². The summed E-state index contributed by atoms with van der Waals surface area (Å²) in [5, 5.41) is 9.06. The molecule has 2 atom stereocenters. The molecule has 0 fully saturated rings. The zero-order chi connectivity index (χ0) is 13.9. The van der Waals surface area contributed by atoms with E-state index in [1.165, 1.54) is 6.07 Å². The van der Waals surface area contributed by atoms with Crippen LogP contribution in [0.15, 0.2) is 20.1 Å². The van der Waals surface area contributed by atoms with Crippen LogP contribution in [-0.4, -0.2) is 25.5 Å². The molecule has 0 radical (unpaired) electrons. The van der Waals surface area contributed by atoms with Crippen molar-refractivity contribution in [3.63, 3.8) is 0 Å². The Bertz CT molecular complexity index is 526. The topological polar surface area (TPSA) is 83.5 Å². The maximum atomic E-state index is 12.0. The Hall–Kier alpha value is -0.440. The molecule has 2 N–H and O–H groups in total. The second kappa shape index (κ2) is 6.14. The second-order valence-corrected chi connectivity index (χ2v) is 8.29. The highest BCUT2D eigenvalue weighted by atomic mass is 79.9. The number of aliphatic carboxylic acids is 1. The number of sulfonamides is 1. The lowest BCUT2D eigenvalue weighted by atomic mass is 10.0. The van der Waals surface area contributed by atoms with Crippen molar-refractivity contribution in [2.45, 2.75) is 30.5 Å². The number of hydrogen-bond donors (Lipinski definition) is 2. The highest BCUT2D eigenvalue weighted by Gasteiger charge is 2.29. The highest BCUT2D eigenvalue weighted by Crippen LogP contribution is 2.26. The van der Waals surface area contributed by atoms with Crippen LogP contribution in [0.25, 0.3) is 0 Å². The minimum absolute atomic E-state index is 0.101. The lowest BCUT2D eigenvalue weighted by Gasteiger charge is -2.19. The summed E-state index contributed by atoms with van der Waals surface area (Å²) in [7, 11) is -3.78. The van der Waals surface area contributed by atoms with Crippen molar-refractivity contribution in [1.82, 2.24) is 4.72 Å². The first-order chi connectivity index (χ1) is 8.27. The molecule has 0 aromatic carbocycles. The molecule has 0 aliphatic carbocycles. The SMILES string of the molecule is CC[C@H](C)[C@H](NS(=O)(=O)c1ccc(Br)s1)C(=O)O. The van der Waals surface area contributed by atoms with E-state index in [4.69, 9.17) is 5.11 Å². The first-order valence-electron chi connectivity index (χ1n) is 5.28. The van der Waals surface area contributed by atoms with E-state index >= 15 is 0 Å². The third-order valence-electron chi connectivity index (χ3n) is 2.57. The quantitative estimate of drug-likeness (QED) is 0.819. The summed E-state index contributed by atoms with van der Waals surface area (Å²) in [6, 6.07) is 1.94. The third-order valence-corrected chi connectivity index (χ3v) is 6.13. The van der Waals surface area contributed by atoms with Crippen molar-refractivity contribution in [2.75, 3.05) is 0 Å². The van der Waals surface area contributed by atoms with Crippen LogP contribution < -0.4 is 4.72 Å². The first kappa shape index (κ1) is 15.6. The van der Waals surface area contributed by atoms with Crippen LogP contribution in [0.5, 0.6) is 0 Å². The predicted molar refractivity (Wildman–Crippen MR) is 73.2 cm³/mol. The van der Waals surface area contributed by atoms with Gasteiger partial charge < -0.3 is 5.11 Å². The van der Waals surface area contributed by atoms with Crippen LogP contribution in [0.1, 0.15) is 20.3 Å². The van der Waals surface area contributed by atoms with Gasteiger partial charge in [0.15, 0.2) is 0 Å². The van der Waals surface area contributed by atoms with Gasteiger partial charge in [0.1, 0.15) is 10.3 Å². The van der Waals surface area contributed by atoms with E-state index in [2.05, 4.69) is 20.7 Å². The zero-order valence-corrected chi connectivity index (χ0v) is 13.1. The Morgan fingerprint density at radius 3 is 2.56 bits per heavy atom. The summed E-state index contributed by atoms with van der Waals surface area (Å²) in [6.45, 7) is 3.52. The maximum absolute atomic E-state index is 12.0. The molecule has 102 valence electrons. The molecular weight excluding hydrogens is 342 g/mol. The molecule has 0 saturated carbocycles. The fourth-order valence-electron chi connectivity index (χ4n) is 1.31. The fourth-order valence-corrected chi connectivity index (χ4v) is 4.64. The number of halogens is 1. The summed E-state index contributed by atoms with van der Waals surface area (Å²) in [6.07, 6.45) is 0.577. The molecule has 0 amide bonds. The molecule has 1 rings (SSSR count). The molecular formula is C10H14BrNO4S2. The van der Waals surface area contributed by atoms with Crippen LogP contribution in [0.2, 0.25) is 0 Å². The van der Waals surface area contributed by atoms with Crippen LogP contribution in [0, 0.1) is 5.92 Å². The number of carboxylic acid groups (broad SMARTS) is 1. The Morgan fingerprint density at radius 2 is 2.17 bits per heavy atom. The molecule has 0 aliphatic heterocycles. The smallest absolute Gasteiger partial charge is 0.322 e. The van der Waals surface area contributed by atoms with Gasteiger partial charge in [-0.3, -0.25) is 4.79 Å². The number of carbonyl (C=O) groups is 1. The molecule has 5 nitrogen and oxygen atoms in total. The number of rotatable bonds is 6. The van der Waals surface area contributed by atoms with E-state index in [0.717, 1.165) is 11.3 Å². The number of thiophene rings is 1. The molecule has 1 heterocycles. The van der Waals surface area contributed by atoms with Gasteiger partial charge in [-0.2, -0.15) is 4.72 Å². The Balaban J connectivity index is 2.96. The highest BCUT2D eigenvalue weighted by molar-refractivity contribution is 9.11. The lowest BCUT2D eigenvalue weighted by Crippen LogP contribution is -2.44. The third kappa shape index (κ3) is 3.78. The zero-order valence-electron chi connectivity index (χ0n) is 9.88. The van der Waals surface area contributed by atoms with Crippen LogP contribution in [0.3, 0.4) is 0 Å². The molecule has 18 heavy (non-hydrogen) atoms. The summed E-state index contributed by atoms with van der Waals surface area (Å²) in [4.78, 5) is 11.1. The molecule has 0 spiro atoms. The minimum Gasteiger partial charge on any atom is -0.480 e. The Kier molecular flexibility index (Phi) is 5.32. The van der Waals surface area contributed by atoms with E-state index in [0.29, 0.717) is 10.2 Å². The van der Waals surface area contributed by atoms with Crippen LogP contribution in [-0.2, 0) is 14.8 Å². The number of hydrogen-bond acceptors (Lipinski definition) is 4. The maximum Gasteiger partial charge on any atom is 0.322 e. The minimum atomic E-state index is -3.78. The molecule has 1 aromatic rings. The van der Waals surface area contributed by atoms with Crippen molar-refractivity contribution >= 4 is 43.3 Å². The molecule has 8 heteroatoms. The fraction of sp³-hybridized carbons (Fsp3) is 0.500. The number of nitrogens with one attached hydrogen (secondary N) is 1. The van der Waals surface area contributed by atoms with Gasteiger partial charge in [0.25, 0.3) is 10.0 Å². The predicted octanol–water partition coefficient (Wildman–Crippen LogP) is 2.29. The van der Waals surface area contributed by atoms with E-state index in [1.807, 2.05) is 6.92 Å². The van der Waals surface area contributed by atoms with E-state index in [-0.39, 0.29) is 10.1 Å². The van der Waals surface area contributed by atoms with E-state index in [9.17, 15) is 13.2 Å². The van der Waals surface area contributed by atoms with Gasteiger partial charge in [-0.25, -0.2) is 8.42 Å². The summed E-state index contributed by atoms with van der Waals surface area (Å²) in [5.41, 5.74) is 0. The van der Waals surface area contributed by atoms with Gasteiger partial charge in [-0.05, 0) is 34.0 Å². The van der Waals surface area contributed by atoms with Gasteiger partial charge >= 0.3 is 5.97 Å². The van der Waals surface area contributed by atoms with Crippen molar-refractivity contribution in [3.05, 3.63) is 15.9 Å². The van der Waals surface area contributed by atoms with Crippen LogP contribution >= 0.6 is 27.3 Å². The summed E-state index contributed by atoms with van der Waals surface area (Å²) >= 11 is 4.21. The van der Waals surface area contributed by atoms with Crippen molar-refractivity contribution in [2.24, 2.45) is 5.92 Å². The average molecular weight is 356 g/mol. The van der Waals surface area contributed by atoms with E-state index in [1.54, 1.807) is 13.0 Å². The summed E-state index contributed by atoms with van der Waals surface area (Å²) < 4.78 is 27.0. The normalized spacial score (nSPS) is 15.3.